The minimum absolute atomic E-state index is 0.135. The van der Waals surface area contributed by atoms with Gasteiger partial charge in [0, 0.05) is 5.02 Å². The lowest BCUT2D eigenvalue weighted by atomic mass is 10.0. The number of carbonyl (C=O) groups is 3. The van der Waals surface area contributed by atoms with E-state index in [2.05, 4.69) is 5.32 Å². The summed E-state index contributed by atoms with van der Waals surface area (Å²) in [6.07, 6.45) is 1.44. The predicted octanol–water partition coefficient (Wildman–Crippen LogP) is 3.32. The first-order valence-corrected chi connectivity index (χ1v) is 8.10. The molecule has 0 bridgehead atoms. The molecule has 3 rings (SSSR count). The van der Waals surface area contributed by atoms with Crippen LogP contribution in [-0.4, -0.2) is 25.0 Å². The molecule has 1 aliphatic rings. The first-order chi connectivity index (χ1) is 12.4. The van der Waals surface area contributed by atoms with Crippen molar-refractivity contribution in [2.75, 3.05) is 12.0 Å². The van der Waals surface area contributed by atoms with Crippen molar-refractivity contribution in [2.45, 2.75) is 6.92 Å². The van der Waals surface area contributed by atoms with Crippen LogP contribution in [0.3, 0.4) is 0 Å². The van der Waals surface area contributed by atoms with Crippen LogP contribution >= 0.6 is 11.6 Å². The van der Waals surface area contributed by atoms with Gasteiger partial charge in [0.15, 0.2) is 0 Å². The van der Waals surface area contributed by atoms with Crippen LogP contribution in [0.5, 0.6) is 5.75 Å². The second-order valence-corrected chi connectivity index (χ2v) is 6.10. The molecule has 0 aliphatic carbocycles. The number of amides is 4. The Morgan fingerprint density at radius 3 is 2.38 bits per heavy atom. The Balaban J connectivity index is 1.99. The Labute approximate surface area is 155 Å². The van der Waals surface area contributed by atoms with Crippen molar-refractivity contribution in [2.24, 2.45) is 0 Å². The molecule has 1 heterocycles. The zero-order valence-corrected chi connectivity index (χ0v) is 14.8. The summed E-state index contributed by atoms with van der Waals surface area (Å²) in [6.45, 7) is 1.85. The molecule has 1 aliphatic heterocycles. The van der Waals surface area contributed by atoms with Crippen molar-refractivity contribution >= 4 is 41.2 Å². The van der Waals surface area contributed by atoms with Gasteiger partial charge >= 0.3 is 6.03 Å². The van der Waals surface area contributed by atoms with Gasteiger partial charge in [-0.25, -0.2) is 9.69 Å². The largest absolute Gasteiger partial charge is 0.496 e. The number of anilines is 1. The molecule has 0 unspecified atom stereocenters. The summed E-state index contributed by atoms with van der Waals surface area (Å²) >= 11 is 5.84. The fraction of sp³-hybridized carbons (Fsp3) is 0.105. The Kier molecular flexibility index (Phi) is 4.77. The Hall–Kier alpha value is -3.12. The molecule has 7 heteroatoms. The second kappa shape index (κ2) is 7.01. The molecule has 0 aromatic heterocycles. The number of urea groups is 1. The minimum atomic E-state index is -0.801. The van der Waals surface area contributed by atoms with Crippen molar-refractivity contribution in [3.63, 3.8) is 0 Å². The topological polar surface area (TPSA) is 75.7 Å². The van der Waals surface area contributed by atoms with Gasteiger partial charge in [0.1, 0.15) is 11.3 Å². The molecule has 2 aromatic carbocycles. The van der Waals surface area contributed by atoms with Crippen LogP contribution in [-0.2, 0) is 9.59 Å². The SMILES string of the molecule is COc1ccc(/C=C2\C(=O)NC(=O)N(c3ccc(Cl)cc3)C2=O)cc1C. The molecule has 26 heavy (non-hydrogen) atoms. The average Bonchev–Trinajstić information content (AvgIpc) is 2.60. The van der Waals surface area contributed by atoms with Crippen molar-refractivity contribution in [1.29, 1.82) is 0 Å². The molecule has 6 nitrogen and oxygen atoms in total. The smallest absolute Gasteiger partial charge is 0.335 e. The van der Waals surface area contributed by atoms with E-state index in [1.165, 1.54) is 18.2 Å². The molecule has 132 valence electrons. The van der Waals surface area contributed by atoms with Crippen LogP contribution in [0.4, 0.5) is 10.5 Å². The molecule has 2 aromatic rings. The molecule has 1 saturated heterocycles. The van der Waals surface area contributed by atoms with Gasteiger partial charge in [0.05, 0.1) is 12.8 Å². The maximum Gasteiger partial charge on any atom is 0.335 e. The van der Waals surface area contributed by atoms with Crippen molar-refractivity contribution in [1.82, 2.24) is 5.32 Å². The van der Waals surface area contributed by atoms with Crippen LogP contribution in [0.15, 0.2) is 48.0 Å². The number of carbonyl (C=O) groups excluding carboxylic acids is 3. The second-order valence-electron chi connectivity index (χ2n) is 5.66. The van der Waals surface area contributed by atoms with E-state index in [1.807, 2.05) is 6.92 Å². The van der Waals surface area contributed by atoms with Crippen molar-refractivity contribution in [3.8, 4) is 5.75 Å². The van der Waals surface area contributed by atoms with Crippen LogP contribution < -0.4 is 15.0 Å². The monoisotopic (exact) mass is 370 g/mol. The fourth-order valence-electron chi connectivity index (χ4n) is 2.64. The number of benzene rings is 2. The summed E-state index contributed by atoms with van der Waals surface area (Å²) in [7, 11) is 1.56. The van der Waals surface area contributed by atoms with Crippen LogP contribution in [0.2, 0.25) is 5.02 Å². The number of hydrogen-bond donors (Lipinski definition) is 1. The number of ether oxygens (including phenoxy) is 1. The number of barbiturate groups is 1. The lowest BCUT2D eigenvalue weighted by molar-refractivity contribution is -0.122. The highest BCUT2D eigenvalue weighted by atomic mass is 35.5. The van der Waals surface area contributed by atoms with Crippen LogP contribution in [0.1, 0.15) is 11.1 Å². The molecule has 0 atom stereocenters. The number of methoxy groups -OCH3 is 1. The van der Waals surface area contributed by atoms with Crippen LogP contribution in [0, 0.1) is 6.92 Å². The standard InChI is InChI=1S/C19H15ClN2O4/c1-11-9-12(3-8-16(11)26-2)10-15-17(23)21-19(25)22(18(15)24)14-6-4-13(20)5-7-14/h3-10H,1-2H3,(H,21,23,25)/b15-10+. The first kappa shape index (κ1) is 17.7. The summed E-state index contributed by atoms with van der Waals surface area (Å²) in [5.74, 6) is -0.738. The zero-order chi connectivity index (χ0) is 18.8. The number of hydrogen-bond acceptors (Lipinski definition) is 4. The van der Waals surface area contributed by atoms with Gasteiger partial charge in [0.25, 0.3) is 11.8 Å². The Morgan fingerprint density at radius 1 is 1.08 bits per heavy atom. The van der Waals surface area contributed by atoms with E-state index in [4.69, 9.17) is 16.3 Å². The molecule has 0 spiro atoms. The number of aryl methyl sites for hydroxylation is 1. The third-order valence-corrected chi connectivity index (χ3v) is 4.17. The van der Waals surface area contributed by atoms with E-state index in [0.717, 1.165) is 10.5 Å². The Morgan fingerprint density at radius 2 is 1.77 bits per heavy atom. The average molecular weight is 371 g/mol. The molecule has 0 saturated carbocycles. The minimum Gasteiger partial charge on any atom is -0.496 e. The summed E-state index contributed by atoms with van der Waals surface area (Å²) < 4.78 is 5.20. The highest BCUT2D eigenvalue weighted by molar-refractivity contribution is 6.39. The van der Waals surface area contributed by atoms with Gasteiger partial charge in [-0.05, 0) is 60.5 Å². The molecule has 1 N–H and O–H groups in total. The van der Waals surface area contributed by atoms with Gasteiger partial charge in [0.2, 0.25) is 0 Å². The lowest BCUT2D eigenvalue weighted by Crippen LogP contribution is -2.54. The van der Waals surface area contributed by atoms with Gasteiger partial charge in [-0.3, -0.25) is 14.9 Å². The number of rotatable bonds is 3. The molecule has 4 amide bonds. The highest BCUT2D eigenvalue weighted by Gasteiger charge is 2.36. The summed E-state index contributed by atoms with van der Waals surface area (Å²) in [5, 5.41) is 2.65. The zero-order valence-electron chi connectivity index (χ0n) is 14.1. The predicted molar refractivity (Wildman–Crippen MR) is 98.2 cm³/mol. The molecule has 1 fully saturated rings. The van der Waals surface area contributed by atoms with Gasteiger partial charge in [-0.1, -0.05) is 17.7 Å². The first-order valence-electron chi connectivity index (χ1n) is 7.72. The maximum absolute atomic E-state index is 12.8. The van der Waals surface area contributed by atoms with E-state index >= 15 is 0 Å². The van der Waals surface area contributed by atoms with Crippen LogP contribution in [0.25, 0.3) is 6.08 Å². The quantitative estimate of drug-likeness (QED) is 0.664. The van der Waals surface area contributed by atoms with E-state index < -0.39 is 17.8 Å². The lowest BCUT2D eigenvalue weighted by Gasteiger charge is -2.26. The third-order valence-electron chi connectivity index (χ3n) is 3.92. The van der Waals surface area contributed by atoms with Crippen molar-refractivity contribution in [3.05, 3.63) is 64.2 Å². The van der Waals surface area contributed by atoms with Crippen molar-refractivity contribution < 1.29 is 19.1 Å². The fourth-order valence-corrected chi connectivity index (χ4v) is 2.77. The van der Waals surface area contributed by atoms with Gasteiger partial charge in [-0.2, -0.15) is 0 Å². The van der Waals surface area contributed by atoms with E-state index in [9.17, 15) is 14.4 Å². The Bertz CT molecular complexity index is 935. The third kappa shape index (κ3) is 3.32. The van der Waals surface area contributed by atoms with Gasteiger partial charge < -0.3 is 4.74 Å². The molecular formula is C19H15ClN2O4. The number of nitrogens with one attached hydrogen (secondary N) is 1. The van der Waals surface area contributed by atoms with E-state index in [1.54, 1.807) is 37.4 Å². The van der Waals surface area contributed by atoms with Gasteiger partial charge in [-0.15, -0.1) is 0 Å². The molecular weight excluding hydrogens is 356 g/mol. The summed E-state index contributed by atoms with van der Waals surface area (Å²) in [6, 6.07) is 10.6. The van der Waals surface area contributed by atoms with E-state index in [-0.39, 0.29) is 5.57 Å². The summed E-state index contributed by atoms with van der Waals surface area (Å²) in [5.41, 5.74) is 1.69. The van der Waals surface area contributed by atoms with E-state index in [0.29, 0.717) is 22.0 Å². The number of imide groups is 2. The molecule has 0 radical (unpaired) electrons. The summed E-state index contributed by atoms with van der Waals surface area (Å²) in [4.78, 5) is 38.0. The maximum atomic E-state index is 12.8. The number of nitrogens with zero attached hydrogens (tertiary/aromatic N) is 1. The highest BCUT2D eigenvalue weighted by Crippen LogP contribution is 2.25. The normalized spacial score (nSPS) is 16.0. The number of halogens is 1.